The summed E-state index contributed by atoms with van der Waals surface area (Å²) in [5.74, 6) is -0.0725. The van der Waals surface area contributed by atoms with Crippen LogP contribution in [0.15, 0.2) is 0 Å². The average molecular weight is 325 g/mol. The van der Waals surface area contributed by atoms with Gasteiger partial charge in [-0.3, -0.25) is 4.79 Å². The molecule has 0 aromatic carbocycles. The quantitative estimate of drug-likeness (QED) is 0.291. The average Bonchev–Trinajstić information content (AvgIpc) is 3.46. The molecule has 2 rings (SSSR count). The first-order chi connectivity index (χ1) is 11.2. The largest absolute Gasteiger partial charge is 0.469 e. The summed E-state index contributed by atoms with van der Waals surface area (Å²) in [5, 5.41) is 7.30. The second-order valence-corrected chi connectivity index (χ2v) is 7.37. The van der Waals surface area contributed by atoms with Gasteiger partial charge in [-0.15, -0.1) is 0 Å². The molecule has 2 fully saturated rings. The lowest BCUT2D eigenvalue weighted by Gasteiger charge is -2.01. The molecule has 0 amide bonds. The Balaban J connectivity index is 1.35. The van der Waals surface area contributed by atoms with Crippen molar-refractivity contribution >= 4 is 5.97 Å². The van der Waals surface area contributed by atoms with Gasteiger partial charge in [0.1, 0.15) is 0 Å². The molecule has 2 heterocycles. The Hall–Kier alpha value is -0.610. The third kappa shape index (κ3) is 7.67. The van der Waals surface area contributed by atoms with Gasteiger partial charge in [0, 0.05) is 30.6 Å². The number of hydrogen-bond acceptors (Lipinski definition) is 4. The fraction of sp³-hybridized carbons (Fsp3) is 0.947. The molecule has 2 saturated heterocycles. The number of esters is 1. The highest BCUT2D eigenvalue weighted by atomic mass is 16.5. The van der Waals surface area contributed by atoms with Crippen LogP contribution < -0.4 is 10.6 Å². The molecule has 4 heteroatoms. The van der Waals surface area contributed by atoms with E-state index in [0.29, 0.717) is 6.42 Å². The normalized spacial score (nSPS) is 28.6. The number of unbranched alkanes of at least 4 members (excludes halogenated alkanes) is 6. The van der Waals surface area contributed by atoms with Gasteiger partial charge in [0.05, 0.1) is 7.11 Å². The van der Waals surface area contributed by atoms with Crippen molar-refractivity contribution in [2.75, 3.05) is 7.11 Å². The number of carbonyl (C=O) groups excluding carboxylic acids is 1. The number of rotatable bonds is 14. The SMILES string of the molecule is CCCCC[C@H]1N[C@H]1C[C@H]1N[C@H]1CCCCCCCC(=O)OC. The minimum Gasteiger partial charge on any atom is -0.469 e. The summed E-state index contributed by atoms with van der Waals surface area (Å²) in [4.78, 5) is 11.0. The first-order valence-electron chi connectivity index (χ1n) is 9.83. The monoisotopic (exact) mass is 324 g/mol. The van der Waals surface area contributed by atoms with Crippen LogP contribution in [0.1, 0.15) is 84.0 Å². The zero-order valence-corrected chi connectivity index (χ0v) is 15.1. The Morgan fingerprint density at radius 1 is 0.826 bits per heavy atom. The number of nitrogens with one attached hydrogen (secondary N) is 2. The molecular weight excluding hydrogens is 288 g/mol. The molecule has 4 nitrogen and oxygen atoms in total. The molecule has 0 aromatic heterocycles. The summed E-state index contributed by atoms with van der Waals surface area (Å²) in [6.45, 7) is 2.27. The van der Waals surface area contributed by atoms with Crippen molar-refractivity contribution in [2.24, 2.45) is 0 Å². The van der Waals surface area contributed by atoms with E-state index in [1.807, 2.05) is 0 Å². The van der Waals surface area contributed by atoms with E-state index in [4.69, 9.17) is 0 Å². The maximum atomic E-state index is 11.0. The van der Waals surface area contributed by atoms with Gasteiger partial charge >= 0.3 is 5.97 Å². The van der Waals surface area contributed by atoms with Crippen molar-refractivity contribution in [3.05, 3.63) is 0 Å². The van der Waals surface area contributed by atoms with Crippen LogP contribution >= 0.6 is 0 Å². The van der Waals surface area contributed by atoms with Crippen LogP contribution in [0.5, 0.6) is 0 Å². The lowest BCUT2D eigenvalue weighted by molar-refractivity contribution is -0.140. The summed E-state index contributed by atoms with van der Waals surface area (Å²) < 4.78 is 4.65. The molecule has 0 bridgehead atoms. The highest BCUT2D eigenvalue weighted by Crippen LogP contribution is 2.29. The molecule has 0 spiro atoms. The molecule has 2 aliphatic rings. The van der Waals surface area contributed by atoms with Gasteiger partial charge in [0.2, 0.25) is 0 Å². The van der Waals surface area contributed by atoms with Crippen LogP contribution in [0.2, 0.25) is 0 Å². The van der Waals surface area contributed by atoms with Gasteiger partial charge in [-0.05, 0) is 25.7 Å². The Labute approximate surface area is 142 Å². The second-order valence-electron chi connectivity index (χ2n) is 7.37. The summed E-state index contributed by atoms with van der Waals surface area (Å²) in [7, 11) is 1.46. The lowest BCUT2D eigenvalue weighted by atomic mass is 10.0. The molecule has 0 saturated carbocycles. The van der Waals surface area contributed by atoms with Crippen LogP contribution in [0.4, 0.5) is 0 Å². The van der Waals surface area contributed by atoms with E-state index in [9.17, 15) is 4.79 Å². The molecule has 134 valence electrons. The van der Waals surface area contributed by atoms with Gasteiger partial charge in [0.25, 0.3) is 0 Å². The van der Waals surface area contributed by atoms with Gasteiger partial charge in [0.15, 0.2) is 0 Å². The van der Waals surface area contributed by atoms with E-state index >= 15 is 0 Å². The van der Waals surface area contributed by atoms with E-state index in [0.717, 1.165) is 37.0 Å². The standard InChI is InChI=1S/C19H36N2O2/c1-3-4-8-11-15-17(20-15)14-18-16(21-18)12-9-6-5-7-10-13-19(22)23-2/h15-18,20-21H,3-14H2,1-2H3/t15-,16+,17+,18-/m1/s1. The summed E-state index contributed by atoms with van der Waals surface area (Å²) in [6.07, 6.45) is 14.7. The van der Waals surface area contributed by atoms with Crippen molar-refractivity contribution in [1.82, 2.24) is 10.6 Å². The number of methoxy groups -OCH3 is 1. The zero-order valence-electron chi connectivity index (χ0n) is 15.1. The second kappa shape index (κ2) is 10.3. The molecule has 2 aliphatic heterocycles. The molecule has 0 aromatic rings. The van der Waals surface area contributed by atoms with Crippen molar-refractivity contribution in [3.8, 4) is 0 Å². The van der Waals surface area contributed by atoms with Gasteiger partial charge in [-0.25, -0.2) is 0 Å². The third-order valence-corrected chi connectivity index (χ3v) is 5.36. The van der Waals surface area contributed by atoms with Crippen molar-refractivity contribution in [2.45, 2.75) is 108 Å². The van der Waals surface area contributed by atoms with Gasteiger partial charge in [-0.2, -0.15) is 0 Å². The lowest BCUT2D eigenvalue weighted by Crippen LogP contribution is -2.03. The van der Waals surface area contributed by atoms with Crippen LogP contribution in [-0.4, -0.2) is 37.2 Å². The summed E-state index contributed by atoms with van der Waals surface area (Å²) in [5.41, 5.74) is 0. The van der Waals surface area contributed by atoms with Crippen molar-refractivity contribution < 1.29 is 9.53 Å². The topological polar surface area (TPSA) is 70.2 Å². The molecule has 0 aliphatic carbocycles. The van der Waals surface area contributed by atoms with E-state index < -0.39 is 0 Å². The first-order valence-corrected chi connectivity index (χ1v) is 9.83. The Kier molecular flexibility index (Phi) is 8.38. The number of carbonyl (C=O) groups is 1. The van der Waals surface area contributed by atoms with Gasteiger partial charge < -0.3 is 15.4 Å². The van der Waals surface area contributed by atoms with E-state index in [1.165, 1.54) is 64.9 Å². The van der Waals surface area contributed by atoms with Crippen LogP contribution in [0.3, 0.4) is 0 Å². The van der Waals surface area contributed by atoms with E-state index in [1.54, 1.807) is 0 Å². The van der Waals surface area contributed by atoms with Crippen molar-refractivity contribution in [3.63, 3.8) is 0 Å². The predicted molar refractivity (Wildman–Crippen MR) is 94.5 cm³/mol. The summed E-state index contributed by atoms with van der Waals surface area (Å²) >= 11 is 0. The van der Waals surface area contributed by atoms with E-state index in [-0.39, 0.29) is 5.97 Å². The Morgan fingerprint density at radius 2 is 1.39 bits per heavy atom. The Morgan fingerprint density at radius 3 is 2.00 bits per heavy atom. The molecule has 23 heavy (non-hydrogen) atoms. The zero-order chi connectivity index (χ0) is 16.5. The molecule has 4 atom stereocenters. The van der Waals surface area contributed by atoms with Crippen LogP contribution in [0, 0.1) is 0 Å². The highest BCUT2D eigenvalue weighted by molar-refractivity contribution is 5.68. The van der Waals surface area contributed by atoms with Gasteiger partial charge in [-0.1, -0.05) is 51.9 Å². The molecule has 0 radical (unpaired) electrons. The molecular formula is C19H36N2O2. The molecule has 2 N–H and O–H groups in total. The fourth-order valence-corrected chi connectivity index (χ4v) is 3.63. The predicted octanol–water partition coefficient (Wildman–Crippen LogP) is 3.54. The molecule has 0 unspecified atom stereocenters. The smallest absolute Gasteiger partial charge is 0.305 e. The van der Waals surface area contributed by atoms with Crippen molar-refractivity contribution in [1.29, 1.82) is 0 Å². The van der Waals surface area contributed by atoms with E-state index in [2.05, 4.69) is 22.3 Å². The number of ether oxygens (including phenoxy) is 1. The fourth-order valence-electron chi connectivity index (χ4n) is 3.63. The Bertz CT molecular complexity index is 348. The first kappa shape index (κ1) is 18.7. The maximum Gasteiger partial charge on any atom is 0.305 e. The third-order valence-electron chi connectivity index (χ3n) is 5.36. The number of hydrogen-bond donors (Lipinski definition) is 2. The van der Waals surface area contributed by atoms with Crippen LogP contribution in [0.25, 0.3) is 0 Å². The maximum absolute atomic E-state index is 11.0. The highest BCUT2D eigenvalue weighted by Gasteiger charge is 2.43. The minimum atomic E-state index is -0.0725. The van der Waals surface area contributed by atoms with Crippen LogP contribution in [-0.2, 0) is 9.53 Å². The summed E-state index contributed by atoms with van der Waals surface area (Å²) in [6, 6.07) is 3.18. The minimum absolute atomic E-state index is 0.0725.